The number of phosphoric ester groups is 1. The first kappa shape index (κ1) is 53.9. The van der Waals surface area contributed by atoms with E-state index in [2.05, 4.69) is 67.0 Å². The Morgan fingerprint density at radius 2 is 1.19 bits per heavy atom. The van der Waals surface area contributed by atoms with Gasteiger partial charge in [-0.05, 0) is 70.6 Å². The van der Waals surface area contributed by atoms with Crippen LogP contribution >= 0.6 is 7.82 Å². The molecule has 0 aliphatic heterocycles. The van der Waals surface area contributed by atoms with Gasteiger partial charge in [0.15, 0.2) is 6.10 Å². The van der Waals surface area contributed by atoms with E-state index in [1.165, 1.54) is 19.3 Å². The molecule has 0 spiro atoms. The summed E-state index contributed by atoms with van der Waals surface area (Å²) in [4.78, 5) is 45.9. The van der Waals surface area contributed by atoms with Crippen LogP contribution in [0.5, 0.6) is 0 Å². The van der Waals surface area contributed by atoms with Crippen LogP contribution in [-0.2, 0) is 37.5 Å². The third-order valence-electron chi connectivity index (χ3n) is 8.54. The van der Waals surface area contributed by atoms with E-state index in [0.29, 0.717) is 19.3 Å². The summed E-state index contributed by atoms with van der Waals surface area (Å²) in [5, 5.41) is 19.0. The highest BCUT2D eigenvalue weighted by atomic mass is 31.2. The van der Waals surface area contributed by atoms with Crippen molar-refractivity contribution in [3.63, 3.8) is 0 Å². The predicted molar refractivity (Wildman–Crippen MR) is 227 cm³/mol. The second-order valence-electron chi connectivity index (χ2n) is 13.9. The molecule has 0 aromatic carbocycles. The number of carbonyl (C=O) groups excluding carboxylic acids is 2. The fraction of sp³-hybridized carbons (Fsp3) is 0.659. The highest BCUT2D eigenvalue weighted by Gasteiger charge is 2.28. The van der Waals surface area contributed by atoms with Crippen molar-refractivity contribution < 1.29 is 52.6 Å². The molecule has 0 aromatic rings. The van der Waals surface area contributed by atoms with Gasteiger partial charge in [-0.3, -0.25) is 23.4 Å². The molecular weight excluding hydrogens is 749 g/mol. The zero-order valence-electron chi connectivity index (χ0n) is 34.8. The second-order valence-corrected chi connectivity index (χ2v) is 15.4. The molecule has 5 N–H and O–H groups in total. The number of carboxylic acids is 1. The molecule has 0 saturated carbocycles. The number of aliphatic hydroxyl groups excluding tert-OH is 1. The van der Waals surface area contributed by atoms with Gasteiger partial charge in [-0.2, -0.15) is 0 Å². The van der Waals surface area contributed by atoms with Crippen LogP contribution < -0.4 is 5.73 Å². The maximum absolute atomic E-state index is 12.6. The van der Waals surface area contributed by atoms with Gasteiger partial charge in [0.25, 0.3) is 0 Å². The lowest BCUT2D eigenvalue weighted by molar-refractivity contribution is -0.161. The van der Waals surface area contributed by atoms with Crippen LogP contribution in [0.3, 0.4) is 0 Å². The molecule has 0 fully saturated rings. The summed E-state index contributed by atoms with van der Waals surface area (Å²) in [5.74, 6) is -2.51. The fourth-order valence-corrected chi connectivity index (χ4v) is 5.97. The molecule has 13 heteroatoms. The number of rotatable bonds is 38. The Balaban J connectivity index is 4.53. The van der Waals surface area contributed by atoms with E-state index >= 15 is 0 Å². The second kappa shape index (κ2) is 38.4. The first-order valence-electron chi connectivity index (χ1n) is 21.1. The molecule has 0 bridgehead atoms. The Kier molecular flexibility index (Phi) is 36.3. The summed E-state index contributed by atoms with van der Waals surface area (Å²) in [6.45, 7) is 2.50. The number of unbranched alkanes of at least 4 members (excludes halogenated alkanes) is 11. The minimum atomic E-state index is -4.75. The highest BCUT2D eigenvalue weighted by Crippen LogP contribution is 2.43. The van der Waals surface area contributed by atoms with E-state index in [1.807, 2.05) is 18.2 Å². The molecule has 0 rings (SSSR count). The highest BCUT2D eigenvalue weighted by molar-refractivity contribution is 7.47. The molecule has 4 atom stereocenters. The van der Waals surface area contributed by atoms with Gasteiger partial charge in [0.05, 0.1) is 19.3 Å². The van der Waals surface area contributed by atoms with Crippen molar-refractivity contribution >= 4 is 25.7 Å². The summed E-state index contributed by atoms with van der Waals surface area (Å²) in [6, 6.07) is -1.54. The summed E-state index contributed by atoms with van der Waals surface area (Å²) in [7, 11) is -4.75. The summed E-state index contributed by atoms with van der Waals surface area (Å²) >= 11 is 0. The van der Waals surface area contributed by atoms with Crippen molar-refractivity contribution in [2.24, 2.45) is 5.73 Å². The van der Waals surface area contributed by atoms with Gasteiger partial charge in [-0.15, -0.1) is 0 Å². The Hall–Kier alpha value is -3.12. The number of hydrogen-bond donors (Lipinski definition) is 4. The van der Waals surface area contributed by atoms with E-state index in [1.54, 1.807) is 6.08 Å². The van der Waals surface area contributed by atoms with Crippen LogP contribution in [0, 0.1) is 0 Å². The van der Waals surface area contributed by atoms with Gasteiger partial charge in [0.1, 0.15) is 12.6 Å². The van der Waals surface area contributed by atoms with Crippen LogP contribution in [0.2, 0.25) is 0 Å². The van der Waals surface area contributed by atoms with Gasteiger partial charge in [0, 0.05) is 12.8 Å². The Morgan fingerprint density at radius 3 is 1.84 bits per heavy atom. The van der Waals surface area contributed by atoms with Crippen LogP contribution in [0.15, 0.2) is 72.9 Å². The normalized spacial score (nSPS) is 15.0. The van der Waals surface area contributed by atoms with Gasteiger partial charge < -0.3 is 30.3 Å². The summed E-state index contributed by atoms with van der Waals surface area (Å²) in [6.07, 6.45) is 41.3. The Bertz CT molecular complexity index is 1260. The average Bonchev–Trinajstić information content (AvgIpc) is 3.18. The number of allylic oxidation sites excluding steroid dienone is 11. The number of esters is 2. The van der Waals surface area contributed by atoms with Crippen LogP contribution in [0.4, 0.5) is 0 Å². The summed E-state index contributed by atoms with van der Waals surface area (Å²) in [5.41, 5.74) is 5.32. The van der Waals surface area contributed by atoms with Gasteiger partial charge in [-0.1, -0.05) is 138 Å². The zero-order valence-corrected chi connectivity index (χ0v) is 35.7. The molecule has 0 aromatic heterocycles. The maximum atomic E-state index is 12.6. The fourth-order valence-electron chi connectivity index (χ4n) is 5.19. The van der Waals surface area contributed by atoms with Crippen molar-refractivity contribution in [3.05, 3.63) is 72.9 Å². The zero-order chi connectivity index (χ0) is 42.2. The SMILES string of the molecule is CC/C=C/C/C=C/C=C/C(O)CCCCCCCC(=O)OC[C@H](COP(=O)(O)OC[C@H](N)C(=O)O)OC(=O)CCCCCC/C=C\C/C=C\C/C=C\CCCCC. The van der Waals surface area contributed by atoms with Crippen molar-refractivity contribution in [2.75, 3.05) is 19.8 Å². The minimum absolute atomic E-state index is 0.111. The minimum Gasteiger partial charge on any atom is -0.480 e. The first-order valence-corrected chi connectivity index (χ1v) is 22.6. The van der Waals surface area contributed by atoms with Crippen LogP contribution in [0.1, 0.15) is 149 Å². The number of phosphoric acid groups is 1. The molecule has 0 saturated heterocycles. The number of aliphatic carboxylic acids is 1. The number of ether oxygens (including phenoxy) is 2. The van der Waals surface area contributed by atoms with E-state index < -0.39 is 63.8 Å². The maximum Gasteiger partial charge on any atom is 0.472 e. The number of aliphatic hydroxyl groups is 1. The molecule has 0 radical (unpaired) electrons. The van der Waals surface area contributed by atoms with Crippen molar-refractivity contribution in [3.8, 4) is 0 Å². The molecule has 12 nitrogen and oxygen atoms in total. The third-order valence-corrected chi connectivity index (χ3v) is 9.49. The molecule has 0 heterocycles. The van der Waals surface area contributed by atoms with E-state index in [-0.39, 0.29) is 12.8 Å². The van der Waals surface area contributed by atoms with Crippen molar-refractivity contribution in [2.45, 2.75) is 167 Å². The number of carboxylic acid groups (broad SMARTS) is 1. The first-order chi connectivity index (χ1) is 27.5. The largest absolute Gasteiger partial charge is 0.480 e. The quantitative estimate of drug-likeness (QED) is 0.0152. The van der Waals surface area contributed by atoms with Gasteiger partial charge in [0.2, 0.25) is 0 Å². The van der Waals surface area contributed by atoms with Gasteiger partial charge in [-0.25, -0.2) is 4.57 Å². The molecule has 326 valence electrons. The van der Waals surface area contributed by atoms with Gasteiger partial charge >= 0.3 is 25.7 Å². The van der Waals surface area contributed by atoms with E-state index in [4.69, 9.17) is 24.8 Å². The lowest BCUT2D eigenvalue weighted by Crippen LogP contribution is -2.34. The van der Waals surface area contributed by atoms with E-state index in [9.17, 15) is 28.9 Å². The van der Waals surface area contributed by atoms with Crippen LogP contribution in [-0.4, -0.2) is 71.1 Å². The molecule has 0 amide bonds. The topological polar surface area (TPSA) is 192 Å². The molecule has 0 aliphatic carbocycles. The number of nitrogens with two attached hydrogens (primary N) is 1. The number of hydrogen-bond acceptors (Lipinski definition) is 10. The lowest BCUT2D eigenvalue weighted by Gasteiger charge is -2.20. The molecule has 57 heavy (non-hydrogen) atoms. The summed E-state index contributed by atoms with van der Waals surface area (Å²) < 4.78 is 32.6. The third kappa shape index (κ3) is 38.2. The Morgan fingerprint density at radius 1 is 0.649 bits per heavy atom. The molecule has 2 unspecified atom stereocenters. The average molecular weight is 824 g/mol. The molecule has 0 aliphatic rings. The van der Waals surface area contributed by atoms with Crippen LogP contribution in [0.25, 0.3) is 0 Å². The standard InChI is InChI=1S/C44H74NO11P/c1-3-5-7-9-11-12-13-14-15-16-17-18-19-20-22-26-31-35-43(48)56-40(37-54-57(51,52)55-38-41(45)44(49)50)36-53-42(47)34-30-27-23-25-29-33-39(46)32-28-24-21-10-8-6-4-2/h6,8,11-12,14-15,17-18,21,24,28,32,39-41,46H,3-5,7,9-10,13,16,19-20,22-23,25-27,29-31,33-38,45H2,1-2H3,(H,49,50)(H,51,52)/b8-6+,12-11-,15-14-,18-17-,24-21+,32-28+/t39?,40-,41+/m1/s1. The molecular formula is C44H74NO11P. The van der Waals surface area contributed by atoms with Crippen molar-refractivity contribution in [1.82, 2.24) is 0 Å². The van der Waals surface area contributed by atoms with Crippen molar-refractivity contribution in [1.29, 1.82) is 0 Å². The van der Waals surface area contributed by atoms with E-state index in [0.717, 1.165) is 83.5 Å². The predicted octanol–water partition coefficient (Wildman–Crippen LogP) is 9.92. The number of carbonyl (C=O) groups is 3. The monoisotopic (exact) mass is 823 g/mol. The Labute approximate surface area is 343 Å². The smallest absolute Gasteiger partial charge is 0.472 e. The lowest BCUT2D eigenvalue weighted by atomic mass is 10.1.